The molecule has 0 atom stereocenters. The third kappa shape index (κ3) is 4.52. The van der Waals surface area contributed by atoms with Crippen LogP contribution in [0.5, 0.6) is 0 Å². The fourth-order valence-electron chi connectivity index (χ4n) is 2.18. The number of fused-ring (bicyclic) bond motifs is 1. The van der Waals surface area contributed by atoms with Crippen molar-refractivity contribution in [2.45, 2.75) is 19.3 Å². The summed E-state index contributed by atoms with van der Waals surface area (Å²) in [5.74, 6) is -0.850. The molecule has 112 valence electrons. The molecule has 2 rings (SSSR count). The van der Waals surface area contributed by atoms with Gasteiger partial charge in [-0.1, -0.05) is 12.1 Å². The number of hydrogen-bond donors (Lipinski definition) is 4. The molecule has 1 aromatic carbocycles. The Hall–Kier alpha value is -2.50. The average molecular weight is 289 g/mol. The van der Waals surface area contributed by atoms with Crippen LogP contribution in [0.25, 0.3) is 10.9 Å². The van der Waals surface area contributed by atoms with Gasteiger partial charge >= 0.3 is 12.0 Å². The number of carboxylic acids is 1. The molecule has 0 saturated heterocycles. The molecule has 2 amide bonds. The first kappa shape index (κ1) is 14.9. The minimum absolute atomic E-state index is 0.0652. The number of nitrogens with one attached hydrogen (secondary N) is 3. The summed E-state index contributed by atoms with van der Waals surface area (Å²) < 4.78 is 0. The van der Waals surface area contributed by atoms with Gasteiger partial charge in [0.2, 0.25) is 0 Å². The topological polar surface area (TPSA) is 94.2 Å². The molecule has 0 aliphatic rings. The van der Waals surface area contributed by atoms with Crippen LogP contribution in [-0.4, -0.2) is 35.2 Å². The van der Waals surface area contributed by atoms with Crippen LogP contribution >= 0.6 is 0 Å². The molecular formula is C15H19N3O3. The molecular weight excluding hydrogens is 270 g/mol. The molecule has 0 bridgehead atoms. The molecule has 0 spiro atoms. The molecule has 6 nitrogen and oxygen atoms in total. The zero-order valence-electron chi connectivity index (χ0n) is 11.7. The molecule has 21 heavy (non-hydrogen) atoms. The van der Waals surface area contributed by atoms with Gasteiger partial charge in [-0.2, -0.15) is 0 Å². The zero-order valence-corrected chi connectivity index (χ0v) is 11.7. The molecule has 0 aliphatic heterocycles. The molecule has 1 heterocycles. The highest BCUT2D eigenvalue weighted by Crippen LogP contribution is 2.17. The lowest BCUT2D eigenvalue weighted by molar-refractivity contribution is -0.137. The van der Waals surface area contributed by atoms with Crippen molar-refractivity contribution in [3.63, 3.8) is 0 Å². The van der Waals surface area contributed by atoms with Crippen molar-refractivity contribution in [3.05, 3.63) is 36.0 Å². The number of carbonyl (C=O) groups is 2. The highest BCUT2D eigenvalue weighted by Gasteiger charge is 2.03. The van der Waals surface area contributed by atoms with Crippen molar-refractivity contribution in [3.8, 4) is 0 Å². The highest BCUT2D eigenvalue weighted by molar-refractivity contribution is 5.83. The number of hydrogen-bond acceptors (Lipinski definition) is 2. The second kappa shape index (κ2) is 7.33. The zero-order chi connectivity index (χ0) is 15.1. The summed E-state index contributed by atoms with van der Waals surface area (Å²) in [6.45, 7) is 0.903. The number of carbonyl (C=O) groups excluding carboxylic acids is 1. The van der Waals surface area contributed by atoms with E-state index < -0.39 is 5.97 Å². The van der Waals surface area contributed by atoms with Crippen LogP contribution in [0, 0.1) is 0 Å². The Bertz CT molecular complexity index is 621. The van der Waals surface area contributed by atoms with Crippen LogP contribution in [0.1, 0.15) is 18.4 Å². The Morgan fingerprint density at radius 2 is 1.95 bits per heavy atom. The maximum Gasteiger partial charge on any atom is 0.314 e. The molecule has 1 aromatic heterocycles. The Labute approximate surface area is 122 Å². The molecule has 0 aliphatic carbocycles. The van der Waals surface area contributed by atoms with Crippen molar-refractivity contribution in [1.29, 1.82) is 0 Å². The predicted molar refractivity (Wildman–Crippen MR) is 80.3 cm³/mol. The third-order valence-corrected chi connectivity index (χ3v) is 3.22. The van der Waals surface area contributed by atoms with Gasteiger partial charge in [0.05, 0.1) is 0 Å². The fourth-order valence-corrected chi connectivity index (χ4v) is 2.18. The second-order valence-corrected chi connectivity index (χ2v) is 4.79. The minimum atomic E-state index is -0.850. The lowest BCUT2D eigenvalue weighted by Gasteiger charge is -2.08. The molecule has 0 saturated carbocycles. The van der Waals surface area contributed by atoms with Gasteiger partial charge in [0.15, 0.2) is 0 Å². The summed E-state index contributed by atoms with van der Waals surface area (Å²) in [6.07, 6.45) is 3.15. The number of amides is 2. The molecule has 0 radical (unpaired) electrons. The van der Waals surface area contributed by atoms with Gasteiger partial charge in [-0.3, -0.25) is 4.79 Å². The molecule has 2 aromatic rings. The van der Waals surface area contributed by atoms with E-state index in [-0.39, 0.29) is 12.5 Å². The van der Waals surface area contributed by atoms with Gasteiger partial charge in [-0.15, -0.1) is 0 Å². The first-order chi connectivity index (χ1) is 10.2. The van der Waals surface area contributed by atoms with Crippen molar-refractivity contribution in [1.82, 2.24) is 15.6 Å². The number of urea groups is 1. The van der Waals surface area contributed by atoms with Crippen molar-refractivity contribution in [2.75, 3.05) is 13.1 Å². The van der Waals surface area contributed by atoms with Crippen molar-refractivity contribution >= 4 is 22.9 Å². The summed E-state index contributed by atoms with van der Waals surface area (Å²) >= 11 is 0. The standard InChI is InChI=1S/C15H19N3O3/c19-14(20)5-2-8-17-15(21)18-9-6-11-3-1-4-13-12(11)7-10-16-13/h1,3-4,7,10,16H,2,5-6,8-9H2,(H,19,20)(H2,17,18,21). The van der Waals surface area contributed by atoms with Gasteiger partial charge in [-0.05, 0) is 30.5 Å². The van der Waals surface area contributed by atoms with Crippen LogP contribution in [-0.2, 0) is 11.2 Å². The Morgan fingerprint density at radius 1 is 1.14 bits per heavy atom. The van der Waals surface area contributed by atoms with Crippen LogP contribution in [0.2, 0.25) is 0 Å². The maximum atomic E-state index is 11.5. The largest absolute Gasteiger partial charge is 0.481 e. The minimum Gasteiger partial charge on any atom is -0.481 e. The third-order valence-electron chi connectivity index (χ3n) is 3.22. The summed E-state index contributed by atoms with van der Waals surface area (Å²) in [7, 11) is 0. The van der Waals surface area contributed by atoms with Gasteiger partial charge in [-0.25, -0.2) is 4.79 Å². The molecule has 6 heteroatoms. The van der Waals surface area contributed by atoms with Crippen molar-refractivity contribution < 1.29 is 14.7 Å². The SMILES string of the molecule is O=C(O)CCCNC(=O)NCCc1cccc2[nH]ccc12. The van der Waals surface area contributed by atoms with Gasteiger partial charge in [0.1, 0.15) is 0 Å². The second-order valence-electron chi connectivity index (χ2n) is 4.79. The summed E-state index contributed by atoms with van der Waals surface area (Å²) in [5.41, 5.74) is 2.27. The lowest BCUT2D eigenvalue weighted by Crippen LogP contribution is -2.37. The molecule has 0 unspecified atom stereocenters. The van der Waals surface area contributed by atoms with Crippen LogP contribution in [0.4, 0.5) is 4.79 Å². The molecule has 4 N–H and O–H groups in total. The van der Waals surface area contributed by atoms with Crippen LogP contribution < -0.4 is 10.6 Å². The van der Waals surface area contributed by atoms with Gasteiger partial charge in [0, 0.05) is 36.6 Å². The van der Waals surface area contributed by atoms with E-state index in [1.807, 2.05) is 30.5 Å². The van der Waals surface area contributed by atoms with E-state index in [4.69, 9.17) is 5.11 Å². The van der Waals surface area contributed by atoms with Crippen molar-refractivity contribution in [2.24, 2.45) is 0 Å². The van der Waals surface area contributed by atoms with E-state index in [2.05, 4.69) is 15.6 Å². The highest BCUT2D eigenvalue weighted by atomic mass is 16.4. The fraction of sp³-hybridized carbons (Fsp3) is 0.333. The summed E-state index contributed by atoms with van der Waals surface area (Å²) in [6, 6.07) is 7.81. The molecule has 0 fully saturated rings. The van der Waals surface area contributed by atoms with Crippen LogP contribution in [0.3, 0.4) is 0 Å². The predicted octanol–water partition coefficient (Wildman–Crippen LogP) is 1.87. The van der Waals surface area contributed by atoms with Gasteiger partial charge in [0.25, 0.3) is 0 Å². The monoisotopic (exact) mass is 289 g/mol. The maximum absolute atomic E-state index is 11.5. The smallest absolute Gasteiger partial charge is 0.314 e. The normalized spacial score (nSPS) is 10.5. The quantitative estimate of drug-likeness (QED) is 0.586. The Kier molecular flexibility index (Phi) is 5.20. The van der Waals surface area contributed by atoms with E-state index in [1.54, 1.807) is 0 Å². The summed E-state index contributed by atoms with van der Waals surface area (Å²) in [4.78, 5) is 25.0. The van der Waals surface area contributed by atoms with Crippen LogP contribution in [0.15, 0.2) is 30.5 Å². The Morgan fingerprint density at radius 3 is 2.76 bits per heavy atom. The first-order valence-electron chi connectivity index (χ1n) is 6.95. The number of H-pyrrole nitrogens is 1. The van der Waals surface area contributed by atoms with E-state index in [0.29, 0.717) is 19.5 Å². The van der Waals surface area contributed by atoms with E-state index in [1.165, 1.54) is 10.9 Å². The number of benzene rings is 1. The number of carboxylic acid groups (broad SMARTS) is 1. The van der Waals surface area contributed by atoms with E-state index >= 15 is 0 Å². The number of rotatable bonds is 7. The van der Waals surface area contributed by atoms with Gasteiger partial charge < -0.3 is 20.7 Å². The number of aromatic nitrogens is 1. The number of aliphatic carboxylic acids is 1. The van der Waals surface area contributed by atoms with E-state index in [9.17, 15) is 9.59 Å². The number of aromatic amines is 1. The average Bonchev–Trinajstić information content (AvgIpc) is 2.93. The first-order valence-corrected chi connectivity index (χ1v) is 6.95. The van der Waals surface area contributed by atoms with E-state index in [0.717, 1.165) is 11.9 Å². The summed E-state index contributed by atoms with van der Waals surface area (Å²) in [5, 5.41) is 15.1. The Balaban J connectivity index is 1.70. The lowest BCUT2D eigenvalue weighted by atomic mass is 10.1.